The highest BCUT2D eigenvalue weighted by Gasteiger charge is 2.13. The van der Waals surface area contributed by atoms with Crippen LogP contribution in [0.1, 0.15) is 25.3 Å². The van der Waals surface area contributed by atoms with Crippen molar-refractivity contribution in [3.05, 3.63) is 23.9 Å². The summed E-state index contributed by atoms with van der Waals surface area (Å²) in [7, 11) is 0. The van der Waals surface area contributed by atoms with Gasteiger partial charge in [-0.15, -0.1) is 0 Å². The fourth-order valence-corrected chi connectivity index (χ4v) is 2.26. The number of amides is 1. The van der Waals surface area contributed by atoms with E-state index in [2.05, 4.69) is 15.2 Å². The minimum atomic E-state index is -0.421. The third-order valence-corrected chi connectivity index (χ3v) is 3.55. The van der Waals surface area contributed by atoms with Gasteiger partial charge in [-0.25, -0.2) is 4.98 Å². The standard InChI is InChI=1S/C15H24N4O2/c1-2-3-13(16)15(20)18-11-12-4-5-14(17-10-12)19-6-8-21-9-7-19/h4-5,10,13H,2-3,6-9,11,16H2,1H3,(H,18,20)/t13-/m1/s1. The highest BCUT2D eigenvalue weighted by atomic mass is 16.5. The van der Waals surface area contributed by atoms with Crippen LogP contribution in [0.2, 0.25) is 0 Å². The second kappa shape index (κ2) is 7.95. The van der Waals surface area contributed by atoms with E-state index in [-0.39, 0.29) is 5.91 Å². The Labute approximate surface area is 125 Å². The lowest BCUT2D eigenvalue weighted by molar-refractivity contribution is -0.122. The number of rotatable bonds is 6. The minimum Gasteiger partial charge on any atom is -0.378 e. The number of carbonyl (C=O) groups excluding carboxylic acids is 1. The number of carbonyl (C=O) groups is 1. The van der Waals surface area contributed by atoms with Crippen molar-refractivity contribution >= 4 is 11.7 Å². The molecule has 1 saturated heterocycles. The lowest BCUT2D eigenvalue weighted by atomic mass is 10.1. The van der Waals surface area contributed by atoms with E-state index in [0.717, 1.165) is 44.1 Å². The predicted molar refractivity (Wildman–Crippen MR) is 82.0 cm³/mol. The molecule has 2 heterocycles. The van der Waals surface area contributed by atoms with Crippen LogP contribution in [0, 0.1) is 0 Å². The van der Waals surface area contributed by atoms with E-state index in [1.54, 1.807) is 6.20 Å². The summed E-state index contributed by atoms with van der Waals surface area (Å²) in [6.45, 7) is 5.71. The van der Waals surface area contributed by atoms with E-state index >= 15 is 0 Å². The summed E-state index contributed by atoms with van der Waals surface area (Å²) in [5.74, 6) is 0.852. The average molecular weight is 292 g/mol. The zero-order valence-corrected chi connectivity index (χ0v) is 12.5. The lowest BCUT2D eigenvalue weighted by Crippen LogP contribution is -2.40. The van der Waals surface area contributed by atoms with Gasteiger partial charge in [-0.3, -0.25) is 4.79 Å². The van der Waals surface area contributed by atoms with Gasteiger partial charge in [0, 0.05) is 25.8 Å². The van der Waals surface area contributed by atoms with Gasteiger partial charge in [0.15, 0.2) is 0 Å². The Morgan fingerprint density at radius 1 is 1.48 bits per heavy atom. The van der Waals surface area contributed by atoms with Crippen molar-refractivity contribution in [2.24, 2.45) is 5.73 Å². The van der Waals surface area contributed by atoms with Crippen molar-refractivity contribution in [2.75, 3.05) is 31.2 Å². The van der Waals surface area contributed by atoms with Crippen molar-refractivity contribution in [1.29, 1.82) is 0 Å². The van der Waals surface area contributed by atoms with Crippen LogP contribution in [0.4, 0.5) is 5.82 Å². The lowest BCUT2D eigenvalue weighted by Gasteiger charge is -2.27. The molecule has 1 aliphatic rings. The van der Waals surface area contributed by atoms with Crippen molar-refractivity contribution in [2.45, 2.75) is 32.4 Å². The molecule has 6 nitrogen and oxygen atoms in total. The maximum atomic E-state index is 11.7. The Bertz CT molecular complexity index is 443. The Kier molecular flexibility index (Phi) is 5.95. The number of hydrogen-bond donors (Lipinski definition) is 2. The number of nitrogens with zero attached hydrogens (tertiary/aromatic N) is 2. The summed E-state index contributed by atoms with van der Waals surface area (Å²) in [6.07, 6.45) is 3.42. The van der Waals surface area contributed by atoms with Crippen molar-refractivity contribution in [1.82, 2.24) is 10.3 Å². The van der Waals surface area contributed by atoms with Crippen molar-refractivity contribution in [3.63, 3.8) is 0 Å². The second-order valence-corrected chi connectivity index (χ2v) is 5.24. The van der Waals surface area contributed by atoms with Gasteiger partial charge in [-0.05, 0) is 18.1 Å². The SMILES string of the molecule is CCC[C@@H](N)C(=O)NCc1ccc(N2CCOCC2)nc1. The molecular formula is C15H24N4O2. The number of aromatic nitrogens is 1. The largest absolute Gasteiger partial charge is 0.378 e. The van der Waals surface area contributed by atoms with Gasteiger partial charge >= 0.3 is 0 Å². The molecule has 3 N–H and O–H groups in total. The van der Waals surface area contributed by atoms with Crippen molar-refractivity contribution < 1.29 is 9.53 Å². The molecule has 6 heteroatoms. The zero-order valence-electron chi connectivity index (χ0n) is 12.5. The molecule has 116 valence electrons. The van der Waals surface area contributed by atoms with Gasteiger partial charge in [-0.2, -0.15) is 0 Å². The van der Waals surface area contributed by atoms with Crippen LogP contribution in [-0.2, 0) is 16.1 Å². The number of hydrogen-bond acceptors (Lipinski definition) is 5. The summed E-state index contributed by atoms with van der Waals surface area (Å²) in [6, 6.07) is 3.55. The minimum absolute atomic E-state index is 0.103. The van der Waals surface area contributed by atoms with Crippen LogP contribution >= 0.6 is 0 Å². The number of pyridine rings is 1. The van der Waals surface area contributed by atoms with E-state index in [1.165, 1.54) is 0 Å². The molecule has 2 rings (SSSR count). The maximum absolute atomic E-state index is 11.7. The number of morpholine rings is 1. The van der Waals surface area contributed by atoms with Crippen LogP contribution < -0.4 is 16.0 Å². The van der Waals surface area contributed by atoms with Gasteiger partial charge in [0.05, 0.1) is 19.3 Å². The number of nitrogens with two attached hydrogens (primary N) is 1. The second-order valence-electron chi connectivity index (χ2n) is 5.24. The number of ether oxygens (including phenoxy) is 1. The van der Waals surface area contributed by atoms with Crippen LogP contribution in [0.25, 0.3) is 0 Å². The maximum Gasteiger partial charge on any atom is 0.237 e. The molecule has 1 atom stereocenters. The number of anilines is 1. The third-order valence-electron chi connectivity index (χ3n) is 3.55. The first-order valence-corrected chi connectivity index (χ1v) is 7.51. The number of nitrogens with one attached hydrogen (secondary N) is 1. The van der Waals surface area contributed by atoms with Gasteiger partial charge in [0.2, 0.25) is 5.91 Å². The topological polar surface area (TPSA) is 80.5 Å². The molecule has 1 aromatic heterocycles. The zero-order chi connectivity index (χ0) is 15.1. The third kappa shape index (κ3) is 4.68. The molecule has 1 amide bonds. The molecule has 0 saturated carbocycles. The molecule has 1 aromatic rings. The van der Waals surface area contributed by atoms with Crippen LogP contribution in [0.15, 0.2) is 18.3 Å². The van der Waals surface area contributed by atoms with E-state index in [0.29, 0.717) is 13.0 Å². The molecule has 21 heavy (non-hydrogen) atoms. The summed E-state index contributed by atoms with van der Waals surface area (Å²) < 4.78 is 5.32. The van der Waals surface area contributed by atoms with Crippen LogP contribution in [0.5, 0.6) is 0 Å². The first-order valence-electron chi connectivity index (χ1n) is 7.51. The van der Waals surface area contributed by atoms with Crippen LogP contribution in [-0.4, -0.2) is 43.2 Å². The van der Waals surface area contributed by atoms with E-state index in [9.17, 15) is 4.79 Å². The van der Waals surface area contributed by atoms with Crippen molar-refractivity contribution in [3.8, 4) is 0 Å². The highest BCUT2D eigenvalue weighted by molar-refractivity contribution is 5.81. The van der Waals surface area contributed by atoms with Gasteiger partial charge in [0.1, 0.15) is 5.82 Å². The Hall–Kier alpha value is -1.66. The predicted octanol–water partition coefficient (Wildman–Crippen LogP) is 0.662. The fraction of sp³-hybridized carbons (Fsp3) is 0.600. The van der Waals surface area contributed by atoms with Gasteiger partial charge in [0.25, 0.3) is 0 Å². The first-order chi connectivity index (χ1) is 10.2. The Morgan fingerprint density at radius 2 is 2.24 bits per heavy atom. The normalized spacial score (nSPS) is 16.6. The van der Waals surface area contributed by atoms with Gasteiger partial charge < -0.3 is 20.7 Å². The molecule has 0 aromatic carbocycles. The smallest absolute Gasteiger partial charge is 0.237 e. The average Bonchev–Trinajstić information content (AvgIpc) is 2.54. The summed E-state index contributed by atoms with van der Waals surface area (Å²) in [4.78, 5) is 18.4. The van der Waals surface area contributed by atoms with Crippen LogP contribution in [0.3, 0.4) is 0 Å². The molecule has 0 bridgehead atoms. The Balaban J connectivity index is 1.83. The van der Waals surface area contributed by atoms with E-state index in [1.807, 2.05) is 19.1 Å². The van der Waals surface area contributed by atoms with E-state index in [4.69, 9.17) is 10.5 Å². The molecular weight excluding hydrogens is 268 g/mol. The molecule has 1 fully saturated rings. The quantitative estimate of drug-likeness (QED) is 0.805. The summed E-state index contributed by atoms with van der Waals surface area (Å²) in [5, 5.41) is 2.84. The van der Waals surface area contributed by atoms with Gasteiger partial charge in [-0.1, -0.05) is 19.4 Å². The molecule has 0 radical (unpaired) electrons. The molecule has 1 aliphatic heterocycles. The summed E-state index contributed by atoms with van der Waals surface area (Å²) in [5.41, 5.74) is 6.74. The highest BCUT2D eigenvalue weighted by Crippen LogP contribution is 2.12. The molecule has 0 unspecified atom stereocenters. The summed E-state index contributed by atoms with van der Waals surface area (Å²) >= 11 is 0. The fourth-order valence-electron chi connectivity index (χ4n) is 2.26. The monoisotopic (exact) mass is 292 g/mol. The Morgan fingerprint density at radius 3 is 2.86 bits per heavy atom. The first kappa shape index (κ1) is 15.7. The molecule has 0 aliphatic carbocycles. The molecule has 0 spiro atoms. The van der Waals surface area contributed by atoms with E-state index < -0.39 is 6.04 Å².